The summed E-state index contributed by atoms with van der Waals surface area (Å²) in [5, 5.41) is 16.8. The van der Waals surface area contributed by atoms with Crippen molar-refractivity contribution < 1.29 is 9.47 Å². The highest BCUT2D eigenvalue weighted by atomic mass is 32.1. The minimum atomic E-state index is -0.0945. The van der Waals surface area contributed by atoms with Crippen LogP contribution in [0.2, 0.25) is 0 Å². The lowest BCUT2D eigenvalue weighted by Gasteiger charge is -2.30. The quantitative estimate of drug-likeness (QED) is 0.879. The van der Waals surface area contributed by atoms with Gasteiger partial charge in [0.15, 0.2) is 5.82 Å². The van der Waals surface area contributed by atoms with Crippen molar-refractivity contribution in [3.05, 3.63) is 16.7 Å². The number of rotatable bonds is 5. The van der Waals surface area contributed by atoms with Crippen molar-refractivity contribution in [1.29, 1.82) is 0 Å². The van der Waals surface area contributed by atoms with Crippen molar-refractivity contribution >= 4 is 11.3 Å². The fraction of sp³-hybridized carbons (Fsp3) is 0.667. The zero-order chi connectivity index (χ0) is 14.7. The highest BCUT2D eigenvalue weighted by Crippen LogP contribution is 2.23. The summed E-state index contributed by atoms with van der Waals surface area (Å²) in [6, 6.07) is 0. The number of nitrogens with one attached hydrogen (secondary N) is 1. The van der Waals surface area contributed by atoms with E-state index < -0.39 is 0 Å². The predicted molar refractivity (Wildman–Crippen MR) is 76.2 cm³/mol. The molecule has 8 nitrogen and oxygen atoms in total. The Morgan fingerprint density at radius 3 is 3.14 bits per heavy atom. The van der Waals surface area contributed by atoms with Crippen molar-refractivity contribution in [2.24, 2.45) is 0 Å². The standard InChI is InChI=1S/C12H18N6O2S/c1-3-19-12-17-15-10(21-12)7-18-4-5-20-9(6-18)11-13-8(2)14-16-11/h9H,3-7H2,1-2H3,(H,13,14,16). The Morgan fingerprint density at radius 2 is 2.38 bits per heavy atom. The van der Waals surface area contributed by atoms with Gasteiger partial charge in [-0.2, -0.15) is 5.10 Å². The van der Waals surface area contributed by atoms with Gasteiger partial charge in [-0.1, -0.05) is 11.3 Å². The van der Waals surface area contributed by atoms with Crippen LogP contribution in [0, 0.1) is 6.92 Å². The first-order valence-electron chi connectivity index (χ1n) is 6.92. The third-order valence-corrected chi connectivity index (χ3v) is 3.95. The molecular formula is C12H18N6O2S. The van der Waals surface area contributed by atoms with E-state index in [4.69, 9.17) is 9.47 Å². The number of nitrogens with zero attached hydrogens (tertiary/aromatic N) is 5. The second-order valence-corrected chi connectivity index (χ2v) is 5.79. The summed E-state index contributed by atoms with van der Waals surface area (Å²) in [7, 11) is 0. The lowest BCUT2D eigenvalue weighted by atomic mass is 10.2. The van der Waals surface area contributed by atoms with Gasteiger partial charge in [0, 0.05) is 13.1 Å². The Kier molecular flexibility index (Phi) is 4.42. The summed E-state index contributed by atoms with van der Waals surface area (Å²) >= 11 is 1.49. The third kappa shape index (κ3) is 3.55. The number of hydrogen-bond donors (Lipinski definition) is 1. The molecule has 1 aliphatic heterocycles. The maximum atomic E-state index is 5.75. The molecule has 2 aromatic heterocycles. The highest BCUT2D eigenvalue weighted by Gasteiger charge is 2.25. The summed E-state index contributed by atoms with van der Waals surface area (Å²) in [5.41, 5.74) is 0. The summed E-state index contributed by atoms with van der Waals surface area (Å²) in [6.07, 6.45) is -0.0945. The molecule has 0 radical (unpaired) electrons. The molecule has 2 aromatic rings. The first-order chi connectivity index (χ1) is 10.2. The van der Waals surface area contributed by atoms with Gasteiger partial charge in [-0.15, -0.1) is 10.2 Å². The van der Waals surface area contributed by atoms with Crippen LogP contribution in [0.15, 0.2) is 0 Å². The molecule has 1 aliphatic rings. The molecule has 114 valence electrons. The van der Waals surface area contributed by atoms with Crippen molar-refractivity contribution in [1.82, 2.24) is 30.3 Å². The van der Waals surface area contributed by atoms with E-state index in [2.05, 4.69) is 30.3 Å². The first-order valence-corrected chi connectivity index (χ1v) is 7.74. The van der Waals surface area contributed by atoms with Crippen molar-refractivity contribution in [2.75, 3.05) is 26.3 Å². The Morgan fingerprint density at radius 1 is 1.48 bits per heavy atom. The number of aryl methyl sites for hydroxylation is 1. The molecule has 21 heavy (non-hydrogen) atoms. The summed E-state index contributed by atoms with van der Waals surface area (Å²) in [4.78, 5) is 6.61. The van der Waals surface area contributed by atoms with E-state index in [1.54, 1.807) is 0 Å². The molecule has 1 N–H and O–H groups in total. The smallest absolute Gasteiger partial charge is 0.294 e. The van der Waals surface area contributed by atoms with Crippen LogP contribution in [0.5, 0.6) is 5.19 Å². The zero-order valence-electron chi connectivity index (χ0n) is 12.1. The minimum absolute atomic E-state index is 0.0945. The number of aromatic amines is 1. The van der Waals surface area contributed by atoms with Gasteiger partial charge in [-0.05, 0) is 13.8 Å². The van der Waals surface area contributed by atoms with E-state index in [1.165, 1.54) is 11.3 Å². The number of ether oxygens (including phenoxy) is 2. The van der Waals surface area contributed by atoms with E-state index in [0.717, 1.165) is 30.5 Å². The Balaban J connectivity index is 1.60. The van der Waals surface area contributed by atoms with Crippen molar-refractivity contribution in [3.63, 3.8) is 0 Å². The Bertz CT molecular complexity index is 586. The van der Waals surface area contributed by atoms with Gasteiger partial charge in [-0.25, -0.2) is 4.98 Å². The fourth-order valence-corrected chi connectivity index (χ4v) is 2.97. The van der Waals surface area contributed by atoms with E-state index in [1.807, 2.05) is 13.8 Å². The maximum Gasteiger partial charge on any atom is 0.294 e. The molecule has 3 heterocycles. The van der Waals surface area contributed by atoms with Crippen LogP contribution in [-0.4, -0.2) is 56.6 Å². The zero-order valence-corrected chi connectivity index (χ0v) is 12.9. The van der Waals surface area contributed by atoms with E-state index >= 15 is 0 Å². The first kappa shape index (κ1) is 14.4. The van der Waals surface area contributed by atoms with Crippen LogP contribution >= 0.6 is 11.3 Å². The van der Waals surface area contributed by atoms with Gasteiger partial charge in [-0.3, -0.25) is 10.00 Å². The molecule has 0 bridgehead atoms. The average molecular weight is 310 g/mol. The van der Waals surface area contributed by atoms with Crippen LogP contribution in [0.25, 0.3) is 0 Å². The molecule has 3 rings (SSSR count). The molecule has 0 spiro atoms. The molecule has 0 saturated carbocycles. The number of hydrogen-bond acceptors (Lipinski definition) is 8. The predicted octanol–water partition coefficient (Wildman–Crippen LogP) is 0.937. The topological polar surface area (TPSA) is 89.0 Å². The normalized spacial score (nSPS) is 19.8. The summed E-state index contributed by atoms with van der Waals surface area (Å²) < 4.78 is 11.1. The second kappa shape index (κ2) is 6.46. The number of morpholine rings is 1. The summed E-state index contributed by atoms with van der Waals surface area (Å²) in [6.45, 7) is 7.45. The Labute approximate surface area is 126 Å². The average Bonchev–Trinajstić information content (AvgIpc) is 3.09. The van der Waals surface area contributed by atoms with Crippen LogP contribution < -0.4 is 4.74 Å². The van der Waals surface area contributed by atoms with Gasteiger partial charge in [0.05, 0.1) is 19.8 Å². The molecule has 9 heteroatoms. The second-order valence-electron chi connectivity index (χ2n) is 4.77. The lowest BCUT2D eigenvalue weighted by Crippen LogP contribution is -2.38. The molecule has 1 saturated heterocycles. The Hall–Kier alpha value is -1.58. The largest absolute Gasteiger partial charge is 0.469 e. The summed E-state index contributed by atoms with van der Waals surface area (Å²) in [5.74, 6) is 1.51. The molecule has 1 unspecified atom stereocenters. The number of aromatic nitrogens is 5. The lowest BCUT2D eigenvalue weighted by molar-refractivity contribution is -0.0371. The number of H-pyrrole nitrogens is 1. The van der Waals surface area contributed by atoms with Gasteiger partial charge >= 0.3 is 0 Å². The van der Waals surface area contributed by atoms with Gasteiger partial charge in [0.25, 0.3) is 5.19 Å². The minimum Gasteiger partial charge on any atom is -0.469 e. The van der Waals surface area contributed by atoms with E-state index in [9.17, 15) is 0 Å². The van der Waals surface area contributed by atoms with E-state index in [-0.39, 0.29) is 6.10 Å². The van der Waals surface area contributed by atoms with Crippen LogP contribution in [0.3, 0.4) is 0 Å². The molecular weight excluding hydrogens is 292 g/mol. The van der Waals surface area contributed by atoms with Crippen LogP contribution in [0.4, 0.5) is 0 Å². The van der Waals surface area contributed by atoms with Gasteiger partial charge in [0.2, 0.25) is 0 Å². The third-order valence-electron chi connectivity index (χ3n) is 3.13. The molecule has 0 aliphatic carbocycles. The molecule has 0 aromatic carbocycles. The monoisotopic (exact) mass is 310 g/mol. The SMILES string of the molecule is CCOc1nnc(CN2CCOC(c3n[nH]c(C)n3)C2)s1. The van der Waals surface area contributed by atoms with Crippen molar-refractivity contribution in [2.45, 2.75) is 26.5 Å². The van der Waals surface area contributed by atoms with Crippen LogP contribution in [-0.2, 0) is 11.3 Å². The van der Waals surface area contributed by atoms with Gasteiger partial charge < -0.3 is 9.47 Å². The fourth-order valence-electron chi connectivity index (χ4n) is 2.18. The molecule has 1 fully saturated rings. The molecule has 0 amide bonds. The van der Waals surface area contributed by atoms with Crippen LogP contribution in [0.1, 0.15) is 29.7 Å². The highest BCUT2D eigenvalue weighted by molar-refractivity contribution is 7.13. The molecule has 1 atom stereocenters. The van der Waals surface area contributed by atoms with Gasteiger partial charge in [0.1, 0.15) is 16.9 Å². The van der Waals surface area contributed by atoms with Crippen molar-refractivity contribution in [3.8, 4) is 5.19 Å². The maximum absolute atomic E-state index is 5.75. The van der Waals surface area contributed by atoms with E-state index in [0.29, 0.717) is 24.2 Å².